The molecule has 0 radical (unpaired) electrons. The maximum atomic E-state index is 10.5. The van der Waals surface area contributed by atoms with Gasteiger partial charge in [-0.15, -0.1) is 0 Å². The molecule has 0 unspecified atom stereocenters. The fourth-order valence-corrected chi connectivity index (χ4v) is 1.36. The Morgan fingerprint density at radius 2 is 2.25 bits per heavy atom. The normalized spacial score (nSPS) is 8.75. The zero-order valence-corrected chi connectivity index (χ0v) is 9.08. The summed E-state index contributed by atoms with van der Waals surface area (Å²) in [5.41, 5.74) is 1.23. The molecule has 1 aromatic rings. The number of hydrogen-bond acceptors (Lipinski definition) is 2. The van der Waals surface area contributed by atoms with E-state index in [0.29, 0.717) is 16.1 Å². The van der Waals surface area contributed by atoms with Crippen LogP contribution in [0.15, 0.2) is 18.2 Å². The molecule has 0 saturated carbocycles. The molecule has 4 heteroatoms. The molecule has 0 fully saturated rings. The van der Waals surface area contributed by atoms with Crippen LogP contribution in [0, 0.1) is 23.2 Å². The number of benzene rings is 1. The van der Waals surface area contributed by atoms with E-state index in [0.717, 1.165) is 0 Å². The lowest BCUT2D eigenvalue weighted by Gasteiger charge is -2.00. The van der Waals surface area contributed by atoms with Crippen LogP contribution in [0.5, 0.6) is 0 Å². The van der Waals surface area contributed by atoms with Gasteiger partial charge in [-0.3, -0.25) is 4.79 Å². The van der Waals surface area contributed by atoms with Gasteiger partial charge < -0.3 is 5.11 Å². The molecule has 0 atom stereocenters. The van der Waals surface area contributed by atoms with Crippen LogP contribution in [0.3, 0.4) is 0 Å². The average Bonchev–Trinajstić information content (AvgIpc) is 2.22. The van der Waals surface area contributed by atoms with Gasteiger partial charge in [-0.05, 0) is 17.7 Å². The summed E-state index contributed by atoms with van der Waals surface area (Å²) in [6.45, 7) is 0. The van der Waals surface area contributed by atoms with Crippen molar-refractivity contribution in [1.82, 2.24) is 0 Å². The minimum atomic E-state index is -0.926. The molecule has 0 spiro atoms. The Morgan fingerprint density at radius 3 is 2.81 bits per heavy atom. The Morgan fingerprint density at radius 1 is 1.50 bits per heavy atom. The molecule has 0 aromatic heterocycles. The minimum Gasteiger partial charge on any atom is -0.481 e. The van der Waals surface area contributed by atoms with Crippen molar-refractivity contribution in [2.75, 3.05) is 0 Å². The Balaban J connectivity index is 2.88. The van der Waals surface area contributed by atoms with E-state index >= 15 is 0 Å². The fraction of sp³-hybridized carbons (Fsp3) is 0.167. The van der Waals surface area contributed by atoms with Gasteiger partial charge in [0, 0.05) is 10.6 Å². The van der Waals surface area contributed by atoms with Crippen molar-refractivity contribution < 1.29 is 9.90 Å². The monoisotopic (exact) mass is 233 g/mol. The van der Waals surface area contributed by atoms with E-state index in [-0.39, 0.29) is 12.8 Å². The third kappa shape index (κ3) is 3.65. The summed E-state index contributed by atoms with van der Waals surface area (Å²) in [5.74, 6) is 4.49. The Kier molecular flexibility index (Phi) is 4.39. The molecule has 0 amide bonds. The van der Waals surface area contributed by atoms with Crippen molar-refractivity contribution in [2.45, 2.75) is 12.8 Å². The van der Waals surface area contributed by atoms with Crippen molar-refractivity contribution >= 4 is 17.6 Å². The predicted molar refractivity (Wildman–Crippen MR) is 59.9 cm³/mol. The second-order valence-electron chi connectivity index (χ2n) is 3.01. The summed E-state index contributed by atoms with van der Waals surface area (Å²) in [4.78, 5) is 10.5. The van der Waals surface area contributed by atoms with Gasteiger partial charge >= 0.3 is 5.97 Å². The lowest BCUT2D eigenvalue weighted by molar-refractivity contribution is -0.136. The van der Waals surface area contributed by atoms with E-state index < -0.39 is 5.97 Å². The van der Waals surface area contributed by atoms with Crippen LogP contribution < -0.4 is 0 Å². The molecular weight excluding hydrogens is 226 g/mol. The van der Waals surface area contributed by atoms with Gasteiger partial charge in [0.1, 0.15) is 0 Å². The highest BCUT2D eigenvalue weighted by atomic mass is 35.5. The SMILES string of the molecule is N#CCC#Cc1ccc(CC(=O)O)c(Cl)c1. The first kappa shape index (κ1) is 12.1. The second kappa shape index (κ2) is 5.80. The second-order valence-corrected chi connectivity index (χ2v) is 3.42. The van der Waals surface area contributed by atoms with Gasteiger partial charge in [0.15, 0.2) is 0 Å². The molecule has 1 aromatic carbocycles. The first-order valence-electron chi connectivity index (χ1n) is 4.49. The van der Waals surface area contributed by atoms with E-state index in [1.54, 1.807) is 18.2 Å². The highest BCUT2D eigenvalue weighted by molar-refractivity contribution is 6.31. The van der Waals surface area contributed by atoms with Crippen molar-refractivity contribution in [2.24, 2.45) is 0 Å². The Labute approximate surface area is 98.3 Å². The molecule has 0 saturated heterocycles. The molecule has 16 heavy (non-hydrogen) atoms. The smallest absolute Gasteiger partial charge is 0.307 e. The third-order valence-corrected chi connectivity index (χ3v) is 2.15. The topological polar surface area (TPSA) is 61.1 Å². The lowest BCUT2D eigenvalue weighted by Crippen LogP contribution is -2.00. The summed E-state index contributed by atoms with van der Waals surface area (Å²) in [7, 11) is 0. The molecule has 1 N–H and O–H groups in total. The maximum absolute atomic E-state index is 10.5. The number of rotatable bonds is 2. The first-order valence-corrected chi connectivity index (χ1v) is 4.87. The van der Waals surface area contributed by atoms with Crippen LogP contribution in [0.1, 0.15) is 17.5 Å². The number of hydrogen-bond donors (Lipinski definition) is 1. The molecular formula is C12H8ClNO2. The number of aliphatic carboxylic acids is 1. The average molecular weight is 234 g/mol. The number of carboxylic acids is 1. The molecule has 3 nitrogen and oxygen atoms in total. The number of nitrogens with zero attached hydrogens (tertiary/aromatic N) is 1. The van der Waals surface area contributed by atoms with Crippen LogP contribution in [0.2, 0.25) is 5.02 Å². The minimum absolute atomic E-state index is 0.106. The quantitative estimate of drug-likeness (QED) is 0.797. The predicted octanol–water partition coefficient (Wildman–Crippen LogP) is 2.23. The van der Waals surface area contributed by atoms with Crippen molar-refractivity contribution in [3.05, 3.63) is 34.3 Å². The summed E-state index contributed by atoms with van der Waals surface area (Å²) in [5, 5.41) is 17.3. The van der Waals surface area contributed by atoms with Gasteiger partial charge in [0.05, 0.1) is 18.9 Å². The van der Waals surface area contributed by atoms with Crippen LogP contribution in [0.4, 0.5) is 0 Å². The highest BCUT2D eigenvalue weighted by Crippen LogP contribution is 2.18. The van der Waals surface area contributed by atoms with E-state index in [9.17, 15) is 4.79 Å². The number of carboxylic acid groups (broad SMARTS) is 1. The number of carbonyl (C=O) groups is 1. The molecule has 1 rings (SSSR count). The van der Waals surface area contributed by atoms with E-state index in [1.165, 1.54) is 0 Å². The third-order valence-electron chi connectivity index (χ3n) is 1.79. The van der Waals surface area contributed by atoms with Crippen molar-refractivity contribution in [3.63, 3.8) is 0 Å². The van der Waals surface area contributed by atoms with Crippen LogP contribution in [-0.2, 0) is 11.2 Å². The van der Waals surface area contributed by atoms with Crippen molar-refractivity contribution in [3.8, 4) is 17.9 Å². The summed E-state index contributed by atoms with van der Waals surface area (Å²) in [6.07, 6.45) is 0.0548. The summed E-state index contributed by atoms with van der Waals surface area (Å²) >= 11 is 5.89. The Bertz CT molecular complexity index is 506. The molecule has 0 bridgehead atoms. The van der Waals surface area contributed by atoms with Gasteiger partial charge in [-0.2, -0.15) is 5.26 Å². The maximum Gasteiger partial charge on any atom is 0.307 e. The fourth-order valence-electron chi connectivity index (χ4n) is 1.12. The first-order chi connectivity index (χ1) is 7.63. The lowest BCUT2D eigenvalue weighted by atomic mass is 10.1. The van der Waals surface area contributed by atoms with Gasteiger partial charge in [-0.1, -0.05) is 29.5 Å². The molecule has 0 heterocycles. The van der Waals surface area contributed by atoms with Crippen LogP contribution >= 0.6 is 11.6 Å². The van der Waals surface area contributed by atoms with Crippen LogP contribution in [0.25, 0.3) is 0 Å². The van der Waals surface area contributed by atoms with Crippen molar-refractivity contribution in [1.29, 1.82) is 5.26 Å². The molecule has 0 aliphatic rings. The zero-order chi connectivity index (χ0) is 12.0. The molecule has 80 valence electrons. The highest BCUT2D eigenvalue weighted by Gasteiger charge is 2.05. The number of nitriles is 1. The number of halogens is 1. The van der Waals surface area contributed by atoms with Gasteiger partial charge in [0.25, 0.3) is 0 Å². The summed E-state index contributed by atoms with van der Waals surface area (Å²) < 4.78 is 0. The summed E-state index contributed by atoms with van der Waals surface area (Å²) in [6, 6.07) is 6.83. The Hall–Kier alpha value is -1.97. The largest absolute Gasteiger partial charge is 0.481 e. The molecule has 0 aliphatic heterocycles. The van der Waals surface area contributed by atoms with E-state index in [2.05, 4.69) is 11.8 Å². The zero-order valence-electron chi connectivity index (χ0n) is 8.33. The van der Waals surface area contributed by atoms with E-state index in [4.69, 9.17) is 22.0 Å². The van der Waals surface area contributed by atoms with Gasteiger partial charge in [0.2, 0.25) is 0 Å². The van der Waals surface area contributed by atoms with E-state index in [1.807, 2.05) is 6.07 Å². The van der Waals surface area contributed by atoms with Gasteiger partial charge in [-0.25, -0.2) is 0 Å². The standard InChI is InChI=1S/C12H8ClNO2/c13-11-7-9(3-1-2-6-14)4-5-10(11)8-12(15)16/h4-5,7H,2,8H2,(H,15,16). The van der Waals surface area contributed by atoms with Crippen LogP contribution in [-0.4, -0.2) is 11.1 Å². The molecule has 0 aliphatic carbocycles.